The number of nitrogens with zero attached hydrogens (tertiary/aromatic N) is 1. The molecule has 3 nitrogen and oxygen atoms in total. The minimum absolute atomic E-state index is 0.541. The van der Waals surface area contributed by atoms with Gasteiger partial charge in [0.1, 0.15) is 0 Å². The minimum Gasteiger partial charge on any atom is -0.212 e. The molecule has 1 atom stereocenters. The molecule has 1 aliphatic heterocycles. The summed E-state index contributed by atoms with van der Waals surface area (Å²) in [6.07, 6.45) is 10.4. The summed E-state index contributed by atoms with van der Waals surface area (Å²) in [5.41, 5.74) is 0. The highest BCUT2D eigenvalue weighted by molar-refractivity contribution is 7.90. The van der Waals surface area contributed by atoms with Gasteiger partial charge in [-0.25, -0.2) is 12.7 Å². The number of hydrogen-bond donors (Lipinski definition) is 0. The Labute approximate surface area is 126 Å². The molecule has 0 aromatic carbocycles. The van der Waals surface area contributed by atoms with Gasteiger partial charge in [-0.3, -0.25) is 0 Å². The van der Waals surface area contributed by atoms with Gasteiger partial charge in [0.2, 0.25) is 10.0 Å². The van der Waals surface area contributed by atoms with Gasteiger partial charge < -0.3 is 0 Å². The van der Waals surface area contributed by atoms with E-state index in [1.54, 1.807) is 4.31 Å². The van der Waals surface area contributed by atoms with Crippen molar-refractivity contribution in [1.29, 1.82) is 0 Å². The molecule has 0 aromatic rings. The van der Waals surface area contributed by atoms with Gasteiger partial charge in [0, 0.05) is 13.1 Å². The van der Waals surface area contributed by atoms with Crippen LogP contribution in [0.5, 0.6) is 0 Å². The normalized spacial score (nSPS) is 20.1. The molecule has 0 saturated carbocycles. The van der Waals surface area contributed by atoms with E-state index >= 15 is 0 Å². The second kappa shape index (κ2) is 8.38. The Balaban J connectivity index is 2.74. The molecular weight excluding hydrogens is 270 g/mol. The standard InChI is InChI=1S/C16H33NO2S/c1-4-6-8-9-13-16(3,12-7-5-2)20(18,19)17-14-10-11-15-17/h4-15H2,1-3H3. The van der Waals surface area contributed by atoms with E-state index in [2.05, 4.69) is 13.8 Å². The summed E-state index contributed by atoms with van der Waals surface area (Å²) in [6, 6.07) is 0. The van der Waals surface area contributed by atoms with Gasteiger partial charge in [0.05, 0.1) is 4.75 Å². The van der Waals surface area contributed by atoms with Gasteiger partial charge in [-0.05, 0) is 32.6 Å². The van der Waals surface area contributed by atoms with Crippen molar-refractivity contribution in [2.24, 2.45) is 0 Å². The Hall–Kier alpha value is -0.0900. The highest BCUT2D eigenvalue weighted by Gasteiger charge is 2.42. The summed E-state index contributed by atoms with van der Waals surface area (Å²) in [7, 11) is -3.13. The summed E-state index contributed by atoms with van der Waals surface area (Å²) in [5.74, 6) is 0. The minimum atomic E-state index is -3.13. The quantitative estimate of drug-likeness (QED) is 0.563. The highest BCUT2D eigenvalue weighted by atomic mass is 32.2. The SMILES string of the molecule is CCCCCCC(C)(CCCC)S(=O)(=O)N1CCCC1. The molecule has 0 radical (unpaired) electrons. The van der Waals surface area contributed by atoms with Crippen LogP contribution in [0.25, 0.3) is 0 Å². The van der Waals surface area contributed by atoms with Crippen LogP contribution in [0, 0.1) is 0 Å². The van der Waals surface area contributed by atoms with E-state index in [1.165, 1.54) is 12.8 Å². The molecular formula is C16H33NO2S. The molecule has 0 bridgehead atoms. The lowest BCUT2D eigenvalue weighted by Crippen LogP contribution is -2.45. The Kier molecular flexibility index (Phi) is 7.52. The average molecular weight is 304 g/mol. The van der Waals surface area contributed by atoms with Crippen molar-refractivity contribution in [1.82, 2.24) is 4.31 Å². The van der Waals surface area contributed by atoms with E-state index < -0.39 is 14.8 Å². The Morgan fingerprint density at radius 2 is 1.45 bits per heavy atom. The smallest absolute Gasteiger partial charge is 0.212 e. The molecule has 4 heteroatoms. The number of rotatable bonds is 10. The molecule has 1 aliphatic rings. The van der Waals surface area contributed by atoms with Gasteiger partial charge in [-0.15, -0.1) is 0 Å². The number of hydrogen-bond acceptors (Lipinski definition) is 2. The first-order chi connectivity index (χ1) is 9.48. The van der Waals surface area contributed by atoms with Crippen molar-refractivity contribution in [2.45, 2.75) is 89.7 Å². The van der Waals surface area contributed by atoms with Crippen LogP contribution >= 0.6 is 0 Å². The Morgan fingerprint density at radius 3 is 2.00 bits per heavy atom. The van der Waals surface area contributed by atoms with Crippen LogP contribution in [0.2, 0.25) is 0 Å². The zero-order valence-corrected chi connectivity index (χ0v) is 14.5. The first-order valence-corrected chi connectivity index (χ1v) is 9.91. The van der Waals surface area contributed by atoms with E-state index in [0.717, 1.165) is 64.5 Å². The van der Waals surface area contributed by atoms with Gasteiger partial charge >= 0.3 is 0 Å². The first kappa shape index (κ1) is 18.0. The summed E-state index contributed by atoms with van der Waals surface area (Å²) in [6.45, 7) is 7.79. The van der Waals surface area contributed by atoms with Crippen LogP contribution < -0.4 is 0 Å². The van der Waals surface area contributed by atoms with Crippen LogP contribution in [0.3, 0.4) is 0 Å². The van der Waals surface area contributed by atoms with Crippen LogP contribution in [-0.4, -0.2) is 30.6 Å². The molecule has 0 amide bonds. The lowest BCUT2D eigenvalue weighted by molar-refractivity contribution is 0.396. The monoisotopic (exact) mass is 303 g/mol. The lowest BCUT2D eigenvalue weighted by atomic mass is 9.96. The molecule has 0 N–H and O–H groups in total. The number of sulfonamides is 1. The molecule has 0 aliphatic carbocycles. The zero-order valence-electron chi connectivity index (χ0n) is 13.7. The molecule has 1 saturated heterocycles. The fourth-order valence-electron chi connectivity index (χ4n) is 3.10. The molecule has 0 aromatic heterocycles. The maximum atomic E-state index is 13.0. The zero-order chi connectivity index (χ0) is 15.1. The van der Waals surface area contributed by atoms with Crippen LogP contribution in [0.4, 0.5) is 0 Å². The predicted octanol–water partition coefficient (Wildman–Crippen LogP) is 4.33. The Bertz CT molecular complexity index is 361. The topological polar surface area (TPSA) is 37.4 Å². The van der Waals surface area contributed by atoms with Crippen molar-refractivity contribution < 1.29 is 8.42 Å². The highest BCUT2D eigenvalue weighted by Crippen LogP contribution is 2.34. The largest absolute Gasteiger partial charge is 0.219 e. The lowest BCUT2D eigenvalue weighted by Gasteiger charge is -2.33. The molecule has 1 fully saturated rings. The van der Waals surface area contributed by atoms with Gasteiger partial charge in [0.25, 0.3) is 0 Å². The second-order valence-electron chi connectivity index (χ2n) is 6.48. The number of unbranched alkanes of at least 4 members (excludes halogenated alkanes) is 4. The third-order valence-electron chi connectivity index (χ3n) is 4.65. The first-order valence-electron chi connectivity index (χ1n) is 8.47. The molecule has 0 spiro atoms. The van der Waals surface area contributed by atoms with Crippen molar-refractivity contribution >= 4 is 10.0 Å². The third-order valence-corrected chi connectivity index (χ3v) is 7.34. The fourth-order valence-corrected chi connectivity index (χ4v) is 5.27. The second-order valence-corrected chi connectivity index (χ2v) is 8.93. The van der Waals surface area contributed by atoms with Crippen LogP contribution in [0.15, 0.2) is 0 Å². The van der Waals surface area contributed by atoms with Crippen molar-refractivity contribution in [3.8, 4) is 0 Å². The third kappa shape index (κ3) is 4.45. The fraction of sp³-hybridized carbons (Fsp3) is 1.00. The molecule has 1 heterocycles. The predicted molar refractivity (Wildman–Crippen MR) is 86.4 cm³/mol. The summed E-state index contributed by atoms with van der Waals surface area (Å²) in [5, 5.41) is 0. The molecule has 1 unspecified atom stereocenters. The van der Waals surface area contributed by atoms with Crippen molar-refractivity contribution in [3.05, 3.63) is 0 Å². The van der Waals surface area contributed by atoms with Crippen LogP contribution in [0.1, 0.15) is 85.0 Å². The summed E-state index contributed by atoms with van der Waals surface area (Å²) >= 11 is 0. The van der Waals surface area contributed by atoms with Crippen molar-refractivity contribution in [2.75, 3.05) is 13.1 Å². The van der Waals surface area contributed by atoms with E-state index in [1.807, 2.05) is 6.92 Å². The van der Waals surface area contributed by atoms with E-state index in [-0.39, 0.29) is 0 Å². The van der Waals surface area contributed by atoms with Crippen LogP contribution in [-0.2, 0) is 10.0 Å². The maximum Gasteiger partial charge on any atom is 0.219 e. The summed E-state index contributed by atoms with van der Waals surface area (Å²) < 4.78 is 27.1. The molecule has 20 heavy (non-hydrogen) atoms. The van der Waals surface area contributed by atoms with Gasteiger partial charge in [-0.1, -0.05) is 52.4 Å². The van der Waals surface area contributed by atoms with Gasteiger partial charge in [0.15, 0.2) is 0 Å². The Morgan fingerprint density at radius 1 is 0.900 bits per heavy atom. The van der Waals surface area contributed by atoms with Gasteiger partial charge in [-0.2, -0.15) is 0 Å². The summed E-state index contributed by atoms with van der Waals surface area (Å²) in [4.78, 5) is 0. The molecule has 120 valence electrons. The van der Waals surface area contributed by atoms with E-state index in [0.29, 0.717) is 0 Å². The molecule has 1 rings (SSSR count). The van der Waals surface area contributed by atoms with Crippen molar-refractivity contribution in [3.63, 3.8) is 0 Å². The maximum absolute atomic E-state index is 13.0. The van der Waals surface area contributed by atoms with E-state index in [4.69, 9.17) is 0 Å². The average Bonchev–Trinajstić information content (AvgIpc) is 2.96. The van der Waals surface area contributed by atoms with E-state index in [9.17, 15) is 8.42 Å².